The number of nitrogens with two attached hydrogens (primary N) is 1. The highest BCUT2D eigenvalue weighted by atomic mass is 16.5. The van der Waals surface area contributed by atoms with Crippen molar-refractivity contribution in [2.24, 2.45) is 22.1 Å². The number of hydrogen-bond donors (Lipinski definition) is 2. The lowest BCUT2D eigenvalue weighted by atomic mass is 9.57. The standard InChI is InChI=1S/C16H23N3O/c1-16(2)13(12-8-9-20-14(12)16)19-15(17)18-10-11-6-4-3-5-7-11/h3-7,12-14H,8-10H2,1-2H3,(H3,17,18,19)/t12-,13+,14+/m0/s1. The molecule has 1 heterocycles. The van der Waals surface area contributed by atoms with Gasteiger partial charge in [-0.15, -0.1) is 0 Å². The normalized spacial score (nSPS) is 31.5. The second-order valence-electron chi connectivity index (χ2n) is 6.37. The Balaban J connectivity index is 1.60. The van der Waals surface area contributed by atoms with Crippen LogP contribution in [-0.4, -0.2) is 24.7 Å². The van der Waals surface area contributed by atoms with Crippen molar-refractivity contribution in [3.05, 3.63) is 35.9 Å². The van der Waals surface area contributed by atoms with Gasteiger partial charge in [0.2, 0.25) is 0 Å². The third-order valence-electron chi connectivity index (χ3n) is 4.68. The van der Waals surface area contributed by atoms with Crippen molar-refractivity contribution in [3.8, 4) is 0 Å². The van der Waals surface area contributed by atoms with Gasteiger partial charge in [0, 0.05) is 24.0 Å². The smallest absolute Gasteiger partial charge is 0.189 e. The van der Waals surface area contributed by atoms with Crippen LogP contribution in [-0.2, 0) is 11.3 Å². The Morgan fingerprint density at radius 3 is 2.90 bits per heavy atom. The summed E-state index contributed by atoms with van der Waals surface area (Å²) in [7, 11) is 0. The van der Waals surface area contributed by atoms with Crippen LogP contribution in [0.15, 0.2) is 35.3 Å². The first-order chi connectivity index (χ1) is 9.59. The summed E-state index contributed by atoms with van der Waals surface area (Å²) in [5.74, 6) is 1.12. The van der Waals surface area contributed by atoms with Crippen molar-refractivity contribution in [3.63, 3.8) is 0 Å². The maximum Gasteiger partial charge on any atom is 0.189 e. The Hall–Kier alpha value is -1.55. The van der Waals surface area contributed by atoms with E-state index in [1.54, 1.807) is 0 Å². The van der Waals surface area contributed by atoms with Crippen LogP contribution in [0.3, 0.4) is 0 Å². The molecule has 1 saturated heterocycles. The lowest BCUT2D eigenvalue weighted by Gasteiger charge is -2.54. The minimum Gasteiger partial charge on any atom is -0.377 e. The van der Waals surface area contributed by atoms with Crippen molar-refractivity contribution in [1.29, 1.82) is 0 Å². The average molecular weight is 273 g/mol. The molecule has 1 aliphatic carbocycles. The predicted molar refractivity (Wildman–Crippen MR) is 80.3 cm³/mol. The number of fused-ring (bicyclic) bond motifs is 1. The Kier molecular flexibility index (Phi) is 3.42. The van der Waals surface area contributed by atoms with Crippen LogP contribution in [0.25, 0.3) is 0 Å². The SMILES string of the molecule is CC1(C)[C@H](NC(N)=NCc2ccccc2)[C@@H]2CCO[C@H]21. The molecule has 1 aromatic rings. The van der Waals surface area contributed by atoms with Gasteiger partial charge in [0.05, 0.1) is 12.6 Å². The van der Waals surface area contributed by atoms with E-state index in [1.807, 2.05) is 18.2 Å². The quantitative estimate of drug-likeness (QED) is 0.653. The fourth-order valence-electron chi connectivity index (χ4n) is 3.58. The highest BCUT2D eigenvalue weighted by Crippen LogP contribution is 2.51. The summed E-state index contributed by atoms with van der Waals surface area (Å²) in [6.07, 6.45) is 1.50. The second-order valence-corrected chi connectivity index (χ2v) is 6.37. The maximum absolute atomic E-state index is 6.03. The number of benzene rings is 1. The Bertz CT molecular complexity index is 498. The molecule has 0 radical (unpaired) electrons. The molecule has 20 heavy (non-hydrogen) atoms. The van der Waals surface area contributed by atoms with Gasteiger partial charge in [-0.2, -0.15) is 0 Å². The third-order valence-corrected chi connectivity index (χ3v) is 4.68. The molecule has 1 aliphatic heterocycles. The molecule has 0 bridgehead atoms. The van der Waals surface area contributed by atoms with Crippen molar-refractivity contribution < 1.29 is 4.74 Å². The monoisotopic (exact) mass is 273 g/mol. The highest BCUT2D eigenvalue weighted by Gasteiger charge is 2.59. The van der Waals surface area contributed by atoms with Crippen LogP contribution in [0.5, 0.6) is 0 Å². The molecule has 3 rings (SSSR count). The van der Waals surface area contributed by atoms with Gasteiger partial charge in [-0.1, -0.05) is 44.2 Å². The van der Waals surface area contributed by atoms with Crippen LogP contribution >= 0.6 is 0 Å². The van der Waals surface area contributed by atoms with Crippen LogP contribution in [0.2, 0.25) is 0 Å². The van der Waals surface area contributed by atoms with E-state index < -0.39 is 0 Å². The summed E-state index contributed by atoms with van der Waals surface area (Å²) in [4.78, 5) is 4.44. The Labute approximate surface area is 120 Å². The molecule has 2 aliphatic rings. The van der Waals surface area contributed by atoms with E-state index in [-0.39, 0.29) is 5.41 Å². The molecular formula is C16H23N3O. The number of ether oxygens (including phenoxy) is 1. The van der Waals surface area contributed by atoms with Crippen LogP contribution in [0, 0.1) is 11.3 Å². The molecule has 4 nitrogen and oxygen atoms in total. The topological polar surface area (TPSA) is 59.6 Å². The molecule has 2 fully saturated rings. The first-order valence-corrected chi connectivity index (χ1v) is 7.31. The van der Waals surface area contributed by atoms with Crippen molar-refractivity contribution in [1.82, 2.24) is 5.32 Å². The highest BCUT2D eigenvalue weighted by molar-refractivity contribution is 5.78. The third kappa shape index (κ3) is 2.29. The van der Waals surface area contributed by atoms with Crippen LogP contribution < -0.4 is 11.1 Å². The summed E-state index contributed by atoms with van der Waals surface area (Å²) < 4.78 is 5.79. The lowest BCUT2D eigenvalue weighted by molar-refractivity contribution is -0.106. The number of aliphatic imine (C=N–C) groups is 1. The van der Waals surface area contributed by atoms with E-state index in [0.29, 0.717) is 30.6 Å². The number of rotatable bonds is 3. The van der Waals surface area contributed by atoms with E-state index in [9.17, 15) is 0 Å². The van der Waals surface area contributed by atoms with Gasteiger partial charge in [0.1, 0.15) is 0 Å². The zero-order valence-corrected chi connectivity index (χ0v) is 12.2. The second kappa shape index (κ2) is 5.09. The van der Waals surface area contributed by atoms with E-state index in [0.717, 1.165) is 13.0 Å². The molecule has 1 saturated carbocycles. The molecule has 4 heteroatoms. The summed E-state index contributed by atoms with van der Waals surface area (Å²) in [6.45, 7) is 5.97. The van der Waals surface area contributed by atoms with E-state index in [2.05, 4.69) is 36.3 Å². The summed E-state index contributed by atoms with van der Waals surface area (Å²) in [5, 5.41) is 3.40. The number of guanidine groups is 1. The van der Waals surface area contributed by atoms with Crippen molar-refractivity contribution in [2.45, 2.75) is 39.0 Å². The average Bonchev–Trinajstić information content (AvgIpc) is 2.91. The maximum atomic E-state index is 6.03. The van der Waals surface area contributed by atoms with Gasteiger partial charge in [-0.3, -0.25) is 0 Å². The molecule has 3 N–H and O–H groups in total. The van der Waals surface area contributed by atoms with Crippen LogP contribution in [0.1, 0.15) is 25.8 Å². The minimum absolute atomic E-state index is 0.133. The molecule has 3 atom stereocenters. The predicted octanol–water partition coefficient (Wildman–Crippen LogP) is 1.90. The fraction of sp³-hybridized carbons (Fsp3) is 0.562. The first-order valence-electron chi connectivity index (χ1n) is 7.31. The number of nitrogens with zero attached hydrogens (tertiary/aromatic N) is 1. The Morgan fingerprint density at radius 1 is 1.40 bits per heavy atom. The fourth-order valence-corrected chi connectivity index (χ4v) is 3.58. The number of hydrogen-bond acceptors (Lipinski definition) is 2. The molecule has 0 aromatic heterocycles. The molecule has 0 unspecified atom stereocenters. The zero-order chi connectivity index (χ0) is 14.2. The van der Waals surface area contributed by atoms with E-state index in [1.165, 1.54) is 5.56 Å². The van der Waals surface area contributed by atoms with Gasteiger partial charge < -0.3 is 15.8 Å². The molecular weight excluding hydrogens is 250 g/mol. The Morgan fingerprint density at radius 2 is 2.15 bits per heavy atom. The zero-order valence-electron chi connectivity index (χ0n) is 12.2. The lowest BCUT2D eigenvalue weighted by Crippen LogP contribution is -2.67. The van der Waals surface area contributed by atoms with Crippen molar-refractivity contribution in [2.75, 3.05) is 6.61 Å². The summed E-state index contributed by atoms with van der Waals surface area (Å²) in [6, 6.07) is 10.5. The molecule has 0 spiro atoms. The molecule has 1 aromatic carbocycles. The van der Waals surface area contributed by atoms with Gasteiger partial charge in [-0.05, 0) is 12.0 Å². The number of nitrogens with one attached hydrogen (secondary N) is 1. The van der Waals surface area contributed by atoms with Gasteiger partial charge >= 0.3 is 0 Å². The van der Waals surface area contributed by atoms with E-state index >= 15 is 0 Å². The largest absolute Gasteiger partial charge is 0.377 e. The van der Waals surface area contributed by atoms with E-state index in [4.69, 9.17) is 10.5 Å². The minimum atomic E-state index is 0.133. The van der Waals surface area contributed by atoms with Gasteiger partial charge in [0.25, 0.3) is 0 Å². The molecule has 108 valence electrons. The van der Waals surface area contributed by atoms with Gasteiger partial charge in [-0.25, -0.2) is 4.99 Å². The first kappa shape index (κ1) is 13.4. The van der Waals surface area contributed by atoms with Crippen molar-refractivity contribution >= 4 is 5.96 Å². The van der Waals surface area contributed by atoms with Crippen LogP contribution in [0.4, 0.5) is 0 Å². The summed E-state index contributed by atoms with van der Waals surface area (Å²) >= 11 is 0. The van der Waals surface area contributed by atoms with Gasteiger partial charge in [0.15, 0.2) is 5.96 Å². The summed E-state index contributed by atoms with van der Waals surface area (Å²) in [5.41, 5.74) is 7.34. The molecule has 0 amide bonds.